The van der Waals surface area contributed by atoms with E-state index in [0.29, 0.717) is 5.84 Å². The number of allylic oxidation sites excluding steroid dienone is 1. The van der Waals surface area contributed by atoms with Gasteiger partial charge in [0.25, 0.3) is 0 Å². The first-order valence-electron chi connectivity index (χ1n) is 16.3. The van der Waals surface area contributed by atoms with Crippen molar-refractivity contribution in [1.29, 1.82) is 0 Å². The maximum Gasteiger partial charge on any atom is 0.159 e. The summed E-state index contributed by atoms with van der Waals surface area (Å²) in [7, 11) is 0. The van der Waals surface area contributed by atoms with Crippen LogP contribution >= 0.6 is 0 Å². The Bertz CT molecular complexity index is 2310. The largest absolute Gasteiger partial charge is 0.245 e. The molecule has 0 saturated heterocycles. The van der Waals surface area contributed by atoms with Gasteiger partial charge in [-0.25, -0.2) is 9.98 Å². The van der Waals surface area contributed by atoms with Gasteiger partial charge in [0.05, 0.1) is 11.1 Å². The molecule has 0 amide bonds. The molecule has 0 bridgehead atoms. The molecule has 0 unspecified atom stereocenters. The van der Waals surface area contributed by atoms with Crippen LogP contribution in [0.4, 0.5) is 0 Å². The molecule has 0 spiro atoms. The fourth-order valence-electron chi connectivity index (χ4n) is 7.58. The third-order valence-electron chi connectivity index (χ3n) is 9.53. The molecule has 0 atom stereocenters. The van der Waals surface area contributed by atoms with Gasteiger partial charge in [-0.3, -0.25) is 0 Å². The summed E-state index contributed by atoms with van der Waals surface area (Å²) in [5.41, 5.74) is 10.0. The lowest BCUT2D eigenvalue weighted by Gasteiger charge is -2.34. The molecule has 0 saturated carbocycles. The van der Waals surface area contributed by atoms with E-state index in [9.17, 15) is 0 Å². The first-order valence-corrected chi connectivity index (χ1v) is 16.3. The Balaban J connectivity index is 1.34. The SMILES string of the molecule is C=N/C(=N\C(=C/CC)c1cccc(C2(c3ccccc3)c3ccccc3-c3ccccc32)c1)c1cc2ccccc2c2ccccc12. The van der Waals surface area contributed by atoms with E-state index in [4.69, 9.17) is 4.99 Å². The second-order valence-electron chi connectivity index (χ2n) is 12.1. The smallest absolute Gasteiger partial charge is 0.159 e. The fourth-order valence-corrected chi connectivity index (χ4v) is 7.58. The summed E-state index contributed by atoms with van der Waals surface area (Å²) in [5.74, 6) is 0.617. The Morgan fingerprint density at radius 3 is 1.89 bits per heavy atom. The predicted molar refractivity (Wildman–Crippen MR) is 200 cm³/mol. The maximum atomic E-state index is 5.28. The normalized spacial score (nSPS) is 13.8. The van der Waals surface area contributed by atoms with E-state index in [2.05, 4.69) is 182 Å². The van der Waals surface area contributed by atoms with Crippen molar-refractivity contribution >= 4 is 39.8 Å². The molecule has 7 aromatic carbocycles. The highest BCUT2D eigenvalue weighted by Crippen LogP contribution is 2.56. The van der Waals surface area contributed by atoms with E-state index >= 15 is 0 Å². The second-order valence-corrected chi connectivity index (χ2v) is 12.1. The van der Waals surface area contributed by atoms with Crippen molar-refractivity contribution in [2.24, 2.45) is 9.98 Å². The van der Waals surface area contributed by atoms with Crippen molar-refractivity contribution in [2.45, 2.75) is 18.8 Å². The van der Waals surface area contributed by atoms with Gasteiger partial charge in [0, 0.05) is 11.1 Å². The van der Waals surface area contributed by atoms with E-state index in [-0.39, 0.29) is 0 Å². The summed E-state index contributed by atoms with van der Waals surface area (Å²) in [6.07, 6.45) is 3.03. The highest BCUT2D eigenvalue weighted by Gasteiger charge is 2.45. The summed E-state index contributed by atoms with van der Waals surface area (Å²) in [6, 6.07) is 56.7. The summed E-state index contributed by atoms with van der Waals surface area (Å²) < 4.78 is 0. The van der Waals surface area contributed by atoms with Gasteiger partial charge in [-0.05, 0) is 80.2 Å². The Morgan fingerprint density at radius 1 is 0.596 bits per heavy atom. The average Bonchev–Trinajstić information content (AvgIpc) is 3.45. The zero-order chi connectivity index (χ0) is 31.8. The molecule has 0 N–H and O–H groups in total. The third-order valence-corrected chi connectivity index (χ3v) is 9.53. The molecule has 47 heavy (non-hydrogen) atoms. The number of nitrogens with zero attached hydrogens (tertiary/aromatic N) is 2. The van der Waals surface area contributed by atoms with Crippen molar-refractivity contribution in [1.82, 2.24) is 0 Å². The van der Waals surface area contributed by atoms with Gasteiger partial charge in [-0.1, -0.05) is 159 Å². The molecule has 1 aliphatic carbocycles. The molecule has 7 aromatic rings. The van der Waals surface area contributed by atoms with Gasteiger partial charge in [-0.2, -0.15) is 0 Å². The molecular formula is C45H34N2. The van der Waals surface area contributed by atoms with Crippen LogP contribution in [0.2, 0.25) is 0 Å². The van der Waals surface area contributed by atoms with Crippen LogP contribution in [0.5, 0.6) is 0 Å². The van der Waals surface area contributed by atoms with E-state index in [1.807, 2.05) is 0 Å². The lowest BCUT2D eigenvalue weighted by Crippen LogP contribution is -2.28. The number of hydrogen-bond donors (Lipinski definition) is 0. The molecule has 8 rings (SSSR count). The number of aliphatic imine (C=N–C) groups is 2. The molecule has 0 radical (unpaired) electrons. The molecular weight excluding hydrogens is 569 g/mol. The van der Waals surface area contributed by atoms with Crippen LogP contribution in [0.25, 0.3) is 38.4 Å². The molecule has 0 fully saturated rings. The fraction of sp³-hybridized carbons (Fsp3) is 0.0667. The zero-order valence-corrected chi connectivity index (χ0v) is 26.4. The topological polar surface area (TPSA) is 24.7 Å². The highest BCUT2D eigenvalue weighted by atomic mass is 14.9. The van der Waals surface area contributed by atoms with Crippen LogP contribution in [0.3, 0.4) is 0 Å². The van der Waals surface area contributed by atoms with E-state index in [1.54, 1.807) is 0 Å². The standard InChI is InChI=1S/C45H34N2/c1-3-16-43(47-44(46-2)40-30-31-17-7-8-22-35(31)36-23-9-10-24-37(36)40)32-18-15-21-34(29-32)45(33-19-5-4-6-20-33)41-27-13-11-25-38(41)39-26-12-14-28-42(39)45/h4-30H,2-3H2,1H3/b43-16-,47-44-. The predicted octanol–water partition coefficient (Wildman–Crippen LogP) is 11.3. The summed E-state index contributed by atoms with van der Waals surface area (Å²) >= 11 is 0. The molecule has 0 heterocycles. The van der Waals surface area contributed by atoms with Crippen molar-refractivity contribution in [3.63, 3.8) is 0 Å². The average molecular weight is 603 g/mol. The minimum Gasteiger partial charge on any atom is -0.245 e. The second kappa shape index (κ2) is 11.8. The minimum absolute atomic E-state index is 0.473. The van der Waals surface area contributed by atoms with Crippen molar-refractivity contribution < 1.29 is 0 Å². The van der Waals surface area contributed by atoms with Gasteiger partial charge in [-0.15, -0.1) is 0 Å². The number of hydrogen-bond acceptors (Lipinski definition) is 1. The Hall–Kier alpha value is -5.86. The Morgan fingerprint density at radius 2 is 1.19 bits per heavy atom. The molecule has 2 heteroatoms. The Labute approximate surface area is 276 Å². The highest BCUT2D eigenvalue weighted by molar-refractivity contribution is 6.20. The number of benzene rings is 7. The van der Waals surface area contributed by atoms with Crippen LogP contribution in [0.15, 0.2) is 174 Å². The Kier molecular flexibility index (Phi) is 7.19. The van der Waals surface area contributed by atoms with Gasteiger partial charge < -0.3 is 0 Å². The van der Waals surface area contributed by atoms with Crippen molar-refractivity contribution in [2.75, 3.05) is 0 Å². The maximum absolute atomic E-state index is 5.28. The number of fused-ring (bicyclic) bond motifs is 6. The summed E-state index contributed by atoms with van der Waals surface area (Å²) in [4.78, 5) is 9.82. The quantitative estimate of drug-likeness (QED) is 0.103. The van der Waals surface area contributed by atoms with Crippen LogP contribution in [0, 0.1) is 0 Å². The van der Waals surface area contributed by atoms with Gasteiger partial charge >= 0.3 is 0 Å². The third kappa shape index (κ3) is 4.56. The van der Waals surface area contributed by atoms with Crippen molar-refractivity contribution in [3.8, 4) is 11.1 Å². The molecule has 224 valence electrons. The molecule has 0 aliphatic heterocycles. The minimum atomic E-state index is -0.473. The monoisotopic (exact) mass is 602 g/mol. The van der Waals surface area contributed by atoms with Crippen LogP contribution < -0.4 is 0 Å². The van der Waals surface area contributed by atoms with Gasteiger partial charge in [0.2, 0.25) is 0 Å². The van der Waals surface area contributed by atoms with Crippen LogP contribution in [-0.2, 0) is 5.41 Å². The van der Waals surface area contributed by atoms with E-state index < -0.39 is 5.41 Å². The zero-order valence-electron chi connectivity index (χ0n) is 26.4. The summed E-state index contributed by atoms with van der Waals surface area (Å²) in [5, 5.41) is 4.67. The first kappa shape index (κ1) is 28.6. The molecule has 0 aromatic heterocycles. The van der Waals surface area contributed by atoms with Crippen LogP contribution in [0.1, 0.15) is 46.7 Å². The lowest BCUT2D eigenvalue weighted by molar-refractivity contribution is 0.768. The number of amidine groups is 1. The van der Waals surface area contributed by atoms with E-state index in [0.717, 1.165) is 34.0 Å². The van der Waals surface area contributed by atoms with Gasteiger partial charge in [0.15, 0.2) is 5.84 Å². The lowest BCUT2D eigenvalue weighted by atomic mass is 9.67. The summed E-state index contributed by atoms with van der Waals surface area (Å²) in [6.45, 7) is 6.16. The molecule has 1 aliphatic rings. The molecule has 2 nitrogen and oxygen atoms in total. The number of rotatable bonds is 6. The first-order chi connectivity index (χ1) is 23.2. The van der Waals surface area contributed by atoms with E-state index in [1.165, 1.54) is 44.2 Å². The van der Waals surface area contributed by atoms with Gasteiger partial charge in [0.1, 0.15) is 0 Å². The van der Waals surface area contributed by atoms with Crippen LogP contribution in [-0.4, -0.2) is 12.6 Å². The van der Waals surface area contributed by atoms with Crippen molar-refractivity contribution in [3.05, 3.63) is 197 Å².